The molecular formula is C16H11BrN2O. The van der Waals surface area contributed by atoms with Gasteiger partial charge in [0.15, 0.2) is 0 Å². The van der Waals surface area contributed by atoms with Gasteiger partial charge in [-0.05, 0) is 40.2 Å². The number of nitrogens with zero attached hydrogens (tertiary/aromatic N) is 1. The largest absolute Gasteiger partial charge is 0.306 e. The summed E-state index contributed by atoms with van der Waals surface area (Å²) in [6.45, 7) is 0. The smallest absolute Gasteiger partial charge is 0.256 e. The summed E-state index contributed by atoms with van der Waals surface area (Å²) in [5, 5.41) is 3.85. The molecule has 3 rings (SSSR count). The Morgan fingerprint density at radius 1 is 1.00 bits per heavy atom. The number of aromatic nitrogens is 1. The minimum Gasteiger partial charge on any atom is -0.306 e. The number of hydrogen-bond donors (Lipinski definition) is 1. The molecule has 3 nitrogen and oxygen atoms in total. The second kappa shape index (κ2) is 5.43. The van der Waals surface area contributed by atoms with Crippen molar-refractivity contribution in [2.24, 2.45) is 0 Å². The number of pyridine rings is 1. The highest BCUT2D eigenvalue weighted by Gasteiger charge is 2.10. The van der Waals surface area contributed by atoms with E-state index >= 15 is 0 Å². The van der Waals surface area contributed by atoms with Gasteiger partial charge >= 0.3 is 0 Å². The van der Waals surface area contributed by atoms with Crippen molar-refractivity contribution in [2.75, 3.05) is 5.32 Å². The Bertz CT molecular complexity index is 772. The molecule has 0 aliphatic rings. The second-order valence-corrected chi connectivity index (χ2v) is 5.19. The minimum atomic E-state index is -0.172. The van der Waals surface area contributed by atoms with Gasteiger partial charge in [-0.15, -0.1) is 0 Å². The number of benzene rings is 2. The number of rotatable bonds is 2. The van der Waals surface area contributed by atoms with Crippen LogP contribution in [-0.2, 0) is 0 Å². The summed E-state index contributed by atoms with van der Waals surface area (Å²) in [7, 11) is 0. The summed E-state index contributed by atoms with van der Waals surface area (Å²) in [6, 6.07) is 18.8. The third-order valence-electron chi connectivity index (χ3n) is 2.95. The fourth-order valence-electron chi connectivity index (χ4n) is 1.95. The van der Waals surface area contributed by atoms with E-state index in [1.807, 2.05) is 48.5 Å². The summed E-state index contributed by atoms with van der Waals surface area (Å²) in [6.07, 6.45) is 0. The van der Waals surface area contributed by atoms with Crippen molar-refractivity contribution < 1.29 is 4.79 Å². The van der Waals surface area contributed by atoms with E-state index < -0.39 is 0 Å². The van der Waals surface area contributed by atoms with Gasteiger partial charge in [0, 0.05) is 10.9 Å². The maximum absolute atomic E-state index is 12.1. The lowest BCUT2D eigenvalue weighted by Gasteiger charge is -2.08. The molecule has 20 heavy (non-hydrogen) atoms. The van der Waals surface area contributed by atoms with Crippen molar-refractivity contribution in [1.29, 1.82) is 0 Å². The van der Waals surface area contributed by atoms with Gasteiger partial charge in [-0.3, -0.25) is 4.79 Å². The van der Waals surface area contributed by atoms with E-state index in [1.165, 1.54) is 0 Å². The van der Waals surface area contributed by atoms with E-state index in [0.717, 1.165) is 15.4 Å². The van der Waals surface area contributed by atoms with Gasteiger partial charge in [0.1, 0.15) is 5.82 Å². The van der Waals surface area contributed by atoms with Crippen molar-refractivity contribution in [2.45, 2.75) is 0 Å². The summed E-state index contributed by atoms with van der Waals surface area (Å²) >= 11 is 3.44. The maximum atomic E-state index is 12.1. The number of fused-ring (bicyclic) bond motifs is 1. The summed E-state index contributed by atoms with van der Waals surface area (Å²) in [5.41, 5.74) is 1.45. The molecule has 0 unspecified atom stereocenters. The van der Waals surface area contributed by atoms with Crippen LogP contribution in [0.25, 0.3) is 10.9 Å². The topological polar surface area (TPSA) is 42.0 Å². The van der Waals surface area contributed by atoms with Gasteiger partial charge < -0.3 is 5.32 Å². The summed E-state index contributed by atoms with van der Waals surface area (Å²) in [5.74, 6) is 0.353. The number of amides is 1. The molecule has 0 aliphatic carbocycles. The molecule has 0 atom stereocenters. The van der Waals surface area contributed by atoms with Gasteiger partial charge in [0.2, 0.25) is 0 Å². The van der Waals surface area contributed by atoms with Crippen LogP contribution in [0.3, 0.4) is 0 Å². The lowest BCUT2D eigenvalue weighted by molar-refractivity contribution is 0.102. The Labute approximate surface area is 124 Å². The Kier molecular flexibility index (Phi) is 3.48. The van der Waals surface area contributed by atoms with Gasteiger partial charge in [0.05, 0.1) is 9.99 Å². The number of para-hydroxylation sites is 1. The Hall–Kier alpha value is -2.20. The first-order valence-electron chi connectivity index (χ1n) is 6.16. The first-order chi connectivity index (χ1) is 9.74. The zero-order chi connectivity index (χ0) is 13.9. The number of nitrogens with one attached hydrogen (secondary N) is 1. The lowest BCUT2D eigenvalue weighted by atomic mass is 10.2. The molecule has 1 amide bonds. The minimum absolute atomic E-state index is 0.172. The average Bonchev–Trinajstić information content (AvgIpc) is 2.49. The highest BCUT2D eigenvalue weighted by atomic mass is 79.9. The Morgan fingerprint density at radius 3 is 2.50 bits per heavy atom. The third kappa shape index (κ3) is 2.56. The predicted molar refractivity (Wildman–Crippen MR) is 83.8 cm³/mol. The molecule has 0 bridgehead atoms. The number of carbonyl (C=O) groups is 1. The number of carbonyl (C=O) groups excluding carboxylic acids is 1. The quantitative estimate of drug-likeness (QED) is 0.764. The van der Waals surface area contributed by atoms with Crippen LogP contribution in [0.1, 0.15) is 10.4 Å². The number of hydrogen-bond acceptors (Lipinski definition) is 2. The fourth-order valence-corrected chi connectivity index (χ4v) is 2.38. The number of halogens is 1. The van der Waals surface area contributed by atoms with E-state index in [4.69, 9.17) is 0 Å². The van der Waals surface area contributed by atoms with Crippen molar-refractivity contribution in [1.82, 2.24) is 4.98 Å². The Morgan fingerprint density at radius 2 is 1.70 bits per heavy atom. The molecule has 1 aromatic heterocycles. The van der Waals surface area contributed by atoms with Gasteiger partial charge in [-0.1, -0.05) is 36.4 Å². The van der Waals surface area contributed by atoms with Crippen molar-refractivity contribution in [3.63, 3.8) is 0 Å². The summed E-state index contributed by atoms with van der Waals surface area (Å²) in [4.78, 5) is 16.6. The molecule has 0 saturated carbocycles. The molecule has 0 spiro atoms. The lowest BCUT2D eigenvalue weighted by Crippen LogP contribution is -2.13. The van der Waals surface area contributed by atoms with Crippen molar-refractivity contribution >= 4 is 38.6 Å². The van der Waals surface area contributed by atoms with Crippen LogP contribution in [0.15, 0.2) is 65.1 Å². The molecular weight excluding hydrogens is 316 g/mol. The van der Waals surface area contributed by atoms with E-state index in [9.17, 15) is 4.79 Å². The molecule has 0 radical (unpaired) electrons. The monoisotopic (exact) mass is 326 g/mol. The molecule has 0 fully saturated rings. The van der Waals surface area contributed by atoms with E-state index in [-0.39, 0.29) is 5.91 Å². The fraction of sp³-hybridized carbons (Fsp3) is 0. The predicted octanol–water partition coefficient (Wildman–Crippen LogP) is 4.25. The van der Waals surface area contributed by atoms with Gasteiger partial charge in [-0.25, -0.2) is 4.98 Å². The van der Waals surface area contributed by atoms with Gasteiger partial charge in [0.25, 0.3) is 5.91 Å². The molecule has 0 saturated heterocycles. The standard InChI is InChI=1S/C16H11BrN2O/c17-13-10-12-8-4-5-9-14(12)18-15(13)19-16(20)11-6-2-1-3-7-11/h1-10H,(H,18,19,20). The van der Waals surface area contributed by atoms with E-state index in [1.54, 1.807) is 12.1 Å². The van der Waals surface area contributed by atoms with Crippen LogP contribution in [-0.4, -0.2) is 10.9 Å². The van der Waals surface area contributed by atoms with Crippen molar-refractivity contribution in [3.05, 3.63) is 70.7 Å². The zero-order valence-corrected chi connectivity index (χ0v) is 12.1. The second-order valence-electron chi connectivity index (χ2n) is 4.33. The highest BCUT2D eigenvalue weighted by molar-refractivity contribution is 9.10. The number of anilines is 1. The van der Waals surface area contributed by atoms with E-state index in [0.29, 0.717) is 11.4 Å². The molecule has 0 aliphatic heterocycles. The first kappa shape index (κ1) is 12.8. The molecule has 98 valence electrons. The first-order valence-corrected chi connectivity index (χ1v) is 6.95. The van der Waals surface area contributed by atoms with Crippen LogP contribution in [0.4, 0.5) is 5.82 Å². The van der Waals surface area contributed by atoms with Gasteiger partial charge in [-0.2, -0.15) is 0 Å². The molecule has 1 heterocycles. The van der Waals surface area contributed by atoms with Crippen LogP contribution >= 0.6 is 15.9 Å². The van der Waals surface area contributed by atoms with Crippen LogP contribution in [0, 0.1) is 0 Å². The zero-order valence-electron chi connectivity index (χ0n) is 10.5. The molecule has 2 aromatic carbocycles. The summed E-state index contributed by atoms with van der Waals surface area (Å²) < 4.78 is 0.764. The molecule has 3 aromatic rings. The maximum Gasteiger partial charge on any atom is 0.256 e. The molecule has 1 N–H and O–H groups in total. The molecule has 4 heteroatoms. The SMILES string of the molecule is O=C(Nc1nc2ccccc2cc1Br)c1ccccc1. The normalized spacial score (nSPS) is 10.4. The van der Waals surface area contributed by atoms with E-state index in [2.05, 4.69) is 26.2 Å². The average molecular weight is 327 g/mol. The Balaban J connectivity index is 1.95. The van der Waals surface area contributed by atoms with Crippen LogP contribution in [0.5, 0.6) is 0 Å². The third-order valence-corrected chi connectivity index (χ3v) is 3.55. The van der Waals surface area contributed by atoms with Crippen molar-refractivity contribution in [3.8, 4) is 0 Å². The van der Waals surface area contributed by atoms with Crippen LogP contribution in [0.2, 0.25) is 0 Å². The highest BCUT2D eigenvalue weighted by Crippen LogP contribution is 2.25. The van der Waals surface area contributed by atoms with Crippen LogP contribution < -0.4 is 5.32 Å².